The van der Waals surface area contributed by atoms with Crippen molar-refractivity contribution in [1.29, 1.82) is 0 Å². The highest BCUT2D eigenvalue weighted by Gasteiger charge is 2.23. The van der Waals surface area contributed by atoms with Crippen LogP contribution in [0.4, 0.5) is 9.52 Å². The van der Waals surface area contributed by atoms with Crippen molar-refractivity contribution in [3.05, 3.63) is 53.8 Å². The predicted molar refractivity (Wildman–Crippen MR) is 111 cm³/mol. The summed E-state index contributed by atoms with van der Waals surface area (Å²) < 4.78 is 20.7. The van der Waals surface area contributed by atoms with Gasteiger partial charge < -0.3 is 9.64 Å². The minimum Gasteiger partial charge on any atom is -0.494 e. The summed E-state index contributed by atoms with van der Waals surface area (Å²) in [7, 11) is 4.13. The molecule has 0 bridgehead atoms. The van der Waals surface area contributed by atoms with Crippen LogP contribution in [-0.4, -0.2) is 44.7 Å². The maximum atomic E-state index is 14.2. The number of hydrogen-bond donors (Lipinski definition) is 1. The van der Waals surface area contributed by atoms with E-state index in [1.165, 1.54) is 28.4 Å². The molecule has 1 amide bonds. The lowest BCUT2D eigenvalue weighted by atomic mass is 10.2. The van der Waals surface area contributed by atoms with Crippen molar-refractivity contribution in [2.24, 2.45) is 0 Å². The largest absolute Gasteiger partial charge is 0.494 e. The molecule has 0 unspecified atom stereocenters. The van der Waals surface area contributed by atoms with Gasteiger partial charge in [0.1, 0.15) is 11.6 Å². The van der Waals surface area contributed by atoms with Gasteiger partial charge in [0.2, 0.25) is 0 Å². The van der Waals surface area contributed by atoms with Crippen molar-refractivity contribution in [3.8, 4) is 5.75 Å². The number of anilines is 1. The van der Waals surface area contributed by atoms with E-state index < -0.39 is 5.82 Å². The molecule has 1 N–H and O–H groups in total. The number of halogens is 1. The maximum Gasteiger partial charge on any atom is 0.263 e. The third-order valence-corrected chi connectivity index (χ3v) is 5.34. The van der Waals surface area contributed by atoms with Crippen LogP contribution in [0.5, 0.6) is 5.75 Å². The molecule has 0 aliphatic heterocycles. The Morgan fingerprint density at radius 2 is 2.04 bits per heavy atom. The Hall–Kier alpha value is -2.51. The molecule has 3 aromatic rings. The summed E-state index contributed by atoms with van der Waals surface area (Å²) in [5, 5.41) is 0.575. The second-order valence-corrected chi connectivity index (χ2v) is 7.82. The van der Waals surface area contributed by atoms with E-state index in [0.29, 0.717) is 18.3 Å². The van der Waals surface area contributed by atoms with E-state index >= 15 is 0 Å². The number of aromatic nitrogens is 1. The fourth-order valence-electron chi connectivity index (χ4n) is 2.92. The number of fused-ring (bicyclic) bond motifs is 1. The second kappa shape index (κ2) is 9.12. The first kappa shape index (κ1) is 20.2. The zero-order valence-electron chi connectivity index (χ0n) is 16.4. The van der Waals surface area contributed by atoms with Gasteiger partial charge >= 0.3 is 0 Å². The van der Waals surface area contributed by atoms with Gasteiger partial charge in [0.05, 0.1) is 43.0 Å². The van der Waals surface area contributed by atoms with Crippen LogP contribution in [0.25, 0.3) is 10.2 Å². The van der Waals surface area contributed by atoms with E-state index in [1.807, 2.05) is 25.1 Å². The molecule has 0 saturated carbocycles. The number of carbonyl (C=O) groups excluding carboxylic acids is 1. The van der Waals surface area contributed by atoms with Gasteiger partial charge in [0.25, 0.3) is 5.91 Å². The number of thiazole rings is 1. The third kappa shape index (κ3) is 4.66. The van der Waals surface area contributed by atoms with E-state index in [1.54, 1.807) is 17.0 Å². The number of carbonyl (C=O) groups is 1. The molecule has 5 nitrogen and oxygen atoms in total. The van der Waals surface area contributed by atoms with Crippen LogP contribution < -0.4 is 14.5 Å². The van der Waals surface area contributed by atoms with E-state index in [-0.39, 0.29) is 11.5 Å². The highest BCUT2D eigenvalue weighted by molar-refractivity contribution is 7.22. The number of nitrogens with one attached hydrogen (secondary N) is 1. The minimum absolute atomic E-state index is 0.0639. The van der Waals surface area contributed by atoms with Gasteiger partial charge in [0.15, 0.2) is 5.13 Å². The van der Waals surface area contributed by atoms with Crippen molar-refractivity contribution < 1.29 is 18.8 Å². The van der Waals surface area contributed by atoms with Gasteiger partial charge in [-0.15, -0.1) is 0 Å². The Bertz CT molecular complexity index is 958. The van der Waals surface area contributed by atoms with Crippen molar-refractivity contribution in [3.63, 3.8) is 0 Å². The quantitative estimate of drug-likeness (QED) is 0.630. The zero-order chi connectivity index (χ0) is 20.1. The zero-order valence-corrected chi connectivity index (χ0v) is 17.2. The standard InChI is InChI=1S/C21H24FN3O2S/c1-4-27-15-10-11-18-19(14-15)28-21(23-18)25(13-7-12-24(2)3)20(26)16-8-5-6-9-17(16)22/h5-6,8-11,14H,4,7,12-13H2,1-3H3/p+1. The van der Waals surface area contributed by atoms with Crippen LogP contribution in [-0.2, 0) is 0 Å². The number of hydrogen-bond acceptors (Lipinski definition) is 4. The predicted octanol–water partition coefficient (Wildman–Crippen LogP) is 3.02. The lowest BCUT2D eigenvalue weighted by Gasteiger charge is -2.20. The van der Waals surface area contributed by atoms with E-state index in [0.717, 1.165) is 28.9 Å². The Balaban J connectivity index is 1.94. The third-order valence-electron chi connectivity index (χ3n) is 4.30. The smallest absolute Gasteiger partial charge is 0.263 e. The second-order valence-electron chi connectivity index (χ2n) is 6.81. The van der Waals surface area contributed by atoms with Crippen molar-refractivity contribution in [1.82, 2.24) is 4.98 Å². The number of nitrogens with zero attached hydrogens (tertiary/aromatic N) is 2. The first-order valence-corrected chi connectivity index (χ1v) is 10.2. The Morgan fingerprint density at radius 3 is 2.75 bits per heavy atom. The molecule has 148 valence electrons. The highest BCUT2D eigenvalue weighted by Crippen LogP contribution is 2.32. The van der Waals surface area contributed by atoms with Crippen molar-refractivity contribution >= 4 is 32.6 Å². The molecule has 0 atom stereocenters. The lowest BCUT2D eigenvalue weighted by molar-refractivity contribution is -0.858. The Morgan fingerprint density at radius 1 is 1.25 bits per heavy atom. The van der Waals surface area contributed by atoms with E-state index in [2.05, 4.69) is 19.1 Å². The van der Waals surface area contributed by atoms with E-state index in [4.69, 9.17) is 4.74 Å². The lowest BCUT2D eigenvalue weighted by Crippen LogP contribution is -3.05. The molecule has 0 aliphatic carbocycles. The number of amides is 1. The molecule has 0 radical (unpaired) electrons. The summed E-state index contributed by atoms with van der Waals surface area (Å²) in [5.74, 6) is -0.111. The van der Waals surface area contributed by atoms with Gasteiger partial charge in [-0.2, -0.15) is 0 Å². The molecular weight excluding hydrogens is 377 g/mol. The molecule has 0 saturated heterocycles. The average molecular weight is 403 g/mol. The molecule has 3 rings (SSSR count). The molecule has 0 aliphatic rings. The van der Waals surface area contributed by atoms with Crippen LogP contribution in [0.2, 0.25) is 0 Å². The molecular formula is C21H25FN3O2S+. The molecule has 0 spiro atoms. The van der Waals surface area contributed by atoms with Gasteiger partial charge in [-0.1, -0.05) is 23.5 Å². The Kier molecular flexibility index (Phi) is 6.59. The fraction of sp³-hybridized carbons (Fsp3) is 0.333. The number of benzene rings is 2. The maximum absolute atomic E-state index is 14.2. The van der Waals surface area contributed by atoms with Crippen LogP contribution in [0.15, 0.2) is 42.5 Å². The minimum atomic E-state index is -0.518. The molecule has 1 aromatic heterocycles. The monoisotopic (exact) mass is 402 g/mol. The first-order chi connectivity index (χ1) is 13.5. The molecule has 1 heterocycles. The first-order valence-electron chi connectivity index (χ1n) is 9.38. The van der Waals surface area contributed by atoms with Crippen molar-refractivity contribution in [2.75, 3.05) is 38.7 Å². The van der Waals surface area contributed by atoms with Crippen molar-refractivity contribution in [2.45, 2.75) is 13.3 Å². The summed E-state index contributed by atoms with van der Waals surface area (Å²) in [6.45, 7) is 3.91. The molecule has 0 fully saturated rings. The van der Waals surface area contributed by atoms with Gasteiger partial charge in [-0.3, -0.25) is 9.69 Å². The van der Waals surface area contributed by atoms with Crippen LogP contribution in [0, 0.1) is 5.82 Å². The SMILES string of the molecule is CCOc1ccc2nc(N(CCC[NH+](C)C)C(=O)c3ccccc3F)sc2c1. The number of ether oxygens (including phenoxy) is 1. The highest BCUT2D eigenvalue weighted by atomic mass is 32.1. The summed E-state index contributed by atoms with van der Waals surface area (Å²) >= 11 is 1.42. The van der Waals surface area contributed by atoms with Gasteiger partial charge in [-0.25, -0.2) is 9.37 Å². The molecule has 7 heteroatoms. The van der Waals surface area contributed by atoms with Gasteiger partial charge in [0, 0.05) is 13.0 Å². The number of rotatable bonds is 8. The summed E-state index contributed by atoms with van der Waals surface area (Å²) in [5.41, 5.74) is 0.863. The molecule has 2 aromatic carbocycles. The van der Waals surface area contributed by atoms with Crippen LogP contribution >= 0.6 is 11.3 Å². The van der Waals surface area contributed by atoms with Crippen LogP contribution in [0.1, 0.15) is 23.7 Å². The summed E-state index contributed by atoms with van der Waals surface area (Å²) in [6.07, 6.45) is 0.794. The summed E-state index contributed by atoms with van der Waals surface area (Å²) in [4.78, 5) is 20.6. The fourth-order valence-corrected chi connectivity index (χ4v) is 3.94. The topological polar surface area (TPSA) is 46.9 Å². The van der Waals surface area contributed by atoms with Gasteiger partial charge in [-0.05, 0) is 37.3 Å². The normalized spacial score (nSPS) is 11.2. The number of quaternary nitrogens is 1. The van der Waals surface area contributed by atoms with Crippen LogP contribution in [0.3, 0.4) is 0 Å². The summed E-state index contributed by atoms with van der Waals surface area (Å²) in [6, 6.07) is 11.8. The average Bonchev–Trinajstić information content (AvgIpc) is 3.08. The molecule has 28 heavy (non-hydrogen) atoms. The van der Waals surface area contributed by atoms with E-state index in [9.17, 15) is 9.18 Å². The Labute approximate surface area is 168 Å².